The molecule has 0 saturated carbocycles. The number of likely N-dealkylation sites (tertiary alicyclic amines) is 1. The van der Waals surface area contributed by atoms with Crippen molar-refractivity contribution in [1.82, 2.24) is 15.1 Å². The van der Waals surface area contributed by atoms with Gasteiger partial charge in [-0.2, -0.15) is 0 Å². The van der Waals surface area contributed by atoms with Gasteiger partial charge in [-0.25, -0.2) is 0 Å². The minimum atomic E-state index is 0.751. The zero-order valence-corrected chi connectivity index (χ0v) is 12.0. The third-order valence-electron chi connectivity index (χ3n) is 4.11. The van der Waals surface area contributed by atoms with Crippen molar-refractivity contribution in [1.29, 1.82) is 0 Å². The number of ether oxygens (including phenoxy) is 1. The van der Waals surface area contributed by atoms with Crippen molar-refractivity contribution in [3.8, 4) is 0 Å². The second-order valence-electron chi connectivity index (χ2n) is 6.03. The highest BCUT2D eigenvalue weighted by Crippen LogP contribution is 2.17. The van der Waals surface area contributed by atoms with Crippen molar-refractivity contribution >= 4 is 0 Å². The van der Waals surface area contributed by atoms with Crippen LogP contribution in [0.5, 0.6) is 0 Å². The van der Waals surface area contributed by atoms with Crippen LogP contribution in [0.3, 0.4) is 0 Å². The second kappa shape index (κ2) is 7.43. The minimum Gasteiger partial charge on any atom is -0.381 e. The Bertz CT molecular complexity index is 229. The van der Waals surface area contributed by atoms with Gasteiger partial charge >= 0.3 is 0 Å². The molecule has 2 fully saturated rings. The summed E-state index contributed by atoms with van der Waals surface area (Å²) in [6, 6.07) is 0.775. The number of rotatable bonds is 7. The molecule has 4 heteroatoms. The Morgan fingerprint density at radius 3 is 2.94 bits per heavy atom. The number of nitrogens with zero attached hydrogens (tertiary/aromatic N) is 2. The van der Waals surface area contributed by atoms with E-state index in [-0.39, 0.29) is 0 Å². The van der Waals surface area contributed by atoms with Crippen molar-refractivity contribution in [3.05, 3.63) is 0 Å². The standard InChI is InChI=1S/C14H29N3O/c1-16(2)11-14-4-3-7-17(14)8-6-15-10-13-5-9-18-12-13/h13-15H,3-12H2,1-2H3. The van der Waals surface area contributed by atoms with Gasteiger partial charge in [0.25, 0.3) is 0 Å². The van der Waals surface area contributed by atoms with Gasteiger partial charge < -0.3 is 15.0 Å². The lowest BCUT2D eigenvalue weighted by atomic mass is 10.1. The lowest BCUT2D eigenvalue weighted by Gasteiger charge is -2.27. The van der Waals surface area contributed by atoms with E-state index in [0.717, 1.165) is 38.3 Å². The van der Waals surface area contributed by atoms with E-state index in [2.05, 4.69) is 29.2 Å². The summed E-state index contributed by atoms with van der Waals surface area (Å²) in [6.07, 6.45) is 3.98. The number of hydrogen-bond donors (Lipinski definition) is 1. The molecule has 2 aliphatic heterocycles. The van der Waals surface area contributed by atoms with Crippen LogP contribution >= 0.6 is 0 Å². The fourth-order valence-corrected chi connectivity index (χ4v) is 3.09. The van der Waals surface area contributed by atoms with E-state index >= 15 is 0 Å². The average molecular weight is 255 g/mol. The SMILES string of the molecule is CN(C)CC1CCCN1CCNCC1CCOC1. The maximum absolute atomic E-state index is 5.39. The van der Waals surface area contributed by atoms with Gasteiger partial charge in [-0.1, -0.05) is 0 Å². The van der Waals surface area contributed by atoms with Gasteiger partial charge in [0, 0.05) is 38.8 Å². The predicted molar refractivity (Wildman–Crippen MR) is 74.9 cm³/mol. The number of likely N-dealkylation sites (N-methyl/N-ethyl adjacent to an activating group) is 1. The molecule has 2 atom stereocenters. The first-order chi connectivity index (χ1) is 8.75. The quantitative estimate of drug-likeness (QED) is 0.676. The van der Waals surface area contributed by atoms with E-state index in [1.165, 1.54) is 38.9 Å². The molecule has 0 bridgehead atoms. The fourth-order valence-electron chi connectivity index (χ4n) is 3.09. The first-order valence-corrected chi connectivity index (χ1v) is 7.43. The van der Waals surface area contributed by atoms with Crippen LogP contribution < -0.4 is 5.32 Å². The van der Waals surface area contributed by atoms with E-state index in [9.17, 15) is 0 Å². The Morgan fingerprint density at radius 1 is 1.33 bits per heavy atom. The molecular weight excluding hydrogens is 226 g/mol. The molecule has 1 N–H and O–H groups in total. The highest BCUT2D eigenvalue weighted by Gasteiger charge is 2.24. The monoisotopic (exact) mass is 255 g/mol. The summed E-state index contributed by atoms with van der Waals surface area (Å²) in [5, 5.41) is 3.59. The molecular formula is C14H29N3O. The maximum atomic E-state index is 5.39. The fraction of sp³-hybridized carbons (Fsp3) is 1.00. The second-order valence-corrected chi connectivity index (χ2v) is 6.03. The van der Waals surface area contributed by atoms with E-state index in [1.807, 2.05) is 0 Å². The molecule has 106 valence electrons. The Labute approximate surface area is 112 Å². The zero-order valence-electron chi connectivity index (χ0n) is 12.0. The smallest absolute Gasteiger partial charge is 0.0507 e. The molecule has 0 aliphatic carbocycles. The number of nitrogens with one attached hydrogen (secondary N) is 1. The number of hydrogen-bond acceptors (Lipinski definition) is 4. The first-order valence-electron chi connectivity index (χ1n) is 7.43. The van der Waals surface area contributed by atoms with Gasteiger partial charge in [0.1, 0.15) is 0 Å². The molecule has 2 heterocycles. The summed E-state index contributed by atoms with van der Waals surface area (Å²) in [4.78, 5) is 4.96. The van der Waals surface area contributed by atoms with Crippen molar-refractivity contribution in [2.45, 2.75) is 25.3 Å². The highest BCUT2D eigenvalue weighted by molar-refractivity contribution is 4.81. The third kappa shape index (κ3) is 4.50. The van der Waals surface area contributed by atoms with Crippen LogP contribution in [-0.2, 0) is 4.74 Å². The summed E-state index contributed by atoms with van der Waals surface area (Å²) in [5.41, 5.74) is 0. The van der Waals surface area contributed by atoms with Crippen molar-refractivity contribution in [2.75, 3.05) is 60.0 Å². The van der Waals surface area contributed by atoms with Gasteiger partial charge in [0.05, 0.1) is 6.61 Å². The van der Waals surface area contributed by atoms with Gasteiger partial charge in [-0.05, 0) is 45.8 Å². The van der Waals surface area contributed by atoms with Crippen LogP contribution in [0.15, 0.2) is 0 Å². The van der Waals surface area contributed by atoms with Gasteiger partial charge in [0.2, 0.25) is 0 Å². The third-order valence-corrected chi connectivity index (χ3v) is 4.11. The zero-order chi connectivity index (χ0) is 12.8. The summed E-state index contributed by atoms with van der Waals surface area (Å²) < 4.78 is 5.39. The van der Waals surface area contributed by atoms with Crippen LogP contribution in [0.4, 0.5) is 0 Å². The minimum absolute atomic E-state index is 0.751. The molecule has 18 heavy (non-hydrogen) atoms. The molecule has 2 aliphatic rings. The lowest BCUT2D eigenvalue weighted by Crippen LogP contribution is -2.41. The average Bonchev–Trinajstić information content (AvgIpc) is 2.95. The lowest BCUT2D eigenvalue weighted by molar-refractivity contribution is 0.183. The van der Waals surface area contributed by atoms with Crippen LogP contribution in [0.2, 0.25) is 0 Å². The van der Waals surface area contributed by atoms with E-state index in [4.69, 9.17) is 4.74 Å². The molecule has 2 unspecified atom stereocenters. The Kier molecular flexibility index (Phi) is 5.89. The Hall–Kier alpha value is -0.160. The van der Waals surface area contributed by atoms with E-state index in [1.54, 1.807) is 0 Å². The van der Waals surface area contributed by atoms with Crippen LogP contribution in [0.1, 0.15) is 19.3 Å². The Morgan fingerprint density at radius 2 is 2.22 bits per heavy atom. The molecule has 2 saturated heterocycles. The van der Waals surface area contributed by atoms with Gasteiger partial charge in [0.15, 0.2) is 0 Å². The van der Waals surface area contributed by atoms with E-state index < -0.39 is 0 Å². The van der Waals surface area contributed by atoms with E-state index in [0.29, 0.717) is 0 Å². The van der Waals surface area contributed by atoms with Gasteiger partial charge in [-0.15, -0.1) is 0 Å². The maximum Gasteiger partial charge on any atom is 0.0507 e. The van der Waals surface area contributed by atoms with Gasteiger partial charge in [-0.3, -0.25) is 4.90 Å². The van der Waals surface area contributed by atoms with Crippen molar-refractivity contribution in [2.24, 2.45) is 5.92 Å². The normalized spacial score (nSPS) is 29.5. The van der Waals surface area contributed by atoms with Crippen molar-refractivity contribution in [3.63, 3.8) is 0 Å². The largest absolute Gasteiger partial charge is 0.381 e. The molecule has 0 aromatic heterocycles. The molecule has 0 spiro atoms. The summed E-state index contributed by atoms with van der Waals surface area (Å²) in [6.45, 7) is 7.87. The first kappa shape index (κ1) is 14.3. The summed E-state index contributed by atoms with van der Waals surface area (Å²) >= 11 is 0. The van der Waals surface area contributed by atoms with Crippen LogP contribution in [0, 0.1) is 5.92 Å². The molecule has 0 aromatic rings. The molecule has 4 nitrogen and oxygen atoms in total. The van der Waals surface area contributed by atoms with Crippen LogP contribution in [0.25, 0.3) is 0 Å². The Balaban J connectivity index is 1.57. The molecule has 0 radical (unpaired) electrons. The summed E-state index contributed by atoms with van der Waals surface area (Å²) in [5.74, 6) is 0.751. The predicted octanol–water partition coefficient (Wildman–Crippen LogP) is 0.639. The summed E-state index contributed by atoms with van der Waals surface area (Å²) in [7, 11) is 4.35. The molecule has 2 rings (SSSR count). The highest BCUT2D eigenvalue weighted by atomic mass is 16.5. The molecule has 0 amide bonds. The topological polar surface area (TPSA) is 27.7 Å². The molecule has 0 aromatic carbocycles. The van der Waals surface area contributed by atoms with Crippen molar-refractivity contribution < 1.29 is 4.74 Å². The van der Waals surface area contributed by atoms with Crippen LogP contribution in [-0.4, -0.2) is 75.9 Å².